The number of carbonyl (C=O) groups is 1. The van der Waals surface area contributed by atoms with Crippen LogP contribution in [0.2, 0.25) is 5.02 Å². The first kappa shape index (κ1) is 25.8. The summed E-state index contributed by atoms with van der Waals surface area (Å²) in [6.07, 6.45) is 1.57. The van der Waals surface area contributed by atoms with Crippen LogP contribution in [0.5, 0.6) is 0 Å². The molecule has 1 aromatic rings. The minimum atomic E-state index is -4.75. The van der Waals surface area contributed by atoms with Crippen molar-refractivity contribution >= 4 is 33.2 Å². The summed E-state index contributed by atoms with van der Waals surface area (Å²) in [6.45, 7) is 3.68. The highest BCUT2D eigenvalue weighted by molar-refractivity contribution is 7.89. The Kier molecular flexibility index (Phi) is 7.11. The second-order valence-corrected chi connectivity index (χ2v) is 11.1. The number of hydrogen-bond acceptors (Lipinski definition) is 4. The van der Waals surface area contributed by atoms with Gasteiger partial charge in [0.1, 0.15) is 4.90 Å². The highest BCUT2D eigenvalue weighted by Gasteiger charge is 2.37. The molecule has 0 radical (unpaired) electrons. The molecular weight excluding hydrogens is 505 g/mol. The van der Waals surface area contributed by atoms with Crippen LogP contribution in [0.4, 0.5) is 13.2 Å². The van der Waals surface area contributed by atoms with Gasteiger partial charge in [0.25, 0.3) is 5.91 Å². The van der Waals surface area contributed by atoms with Crippen LogP contribution in [-0.2, 0) is 25.7 Å². The molecule has 1 amide bonds. The van der Waals surface area contributed by atoms with E-state index in [-0.39, 0.29) is 29.6 Å². The topological polar surface area (TPSA) is 76.0 Å². The van der Waals surface area contributed by atoms with Crippen LogP contribution >= 0.6 is 11.6 Å². The number of aliphatic imine (C=N–C) groups is 1. The van der Waals surface area contributed by atoms with Gasteiger partial charge in [-0.3, -0.25) is 4.79 Å². The first-order valence-electron chi connectivity index (χ1n) is 11.1. The van der Waals surface area contributed by atoms with E-state index >= 15 is 0 Å². The minimum Gasteiger partial charge on any atom is -0.377 e. The van der Waals surface area contributed by atoms with Crippen LogP contribution in [0.3, 0.4) is 0 Å². The molecule has 1 aromatic carbocycles. The van der Waals surface area contributed by atoms with Gasteiger partial charge in [-0.2, -0.15) is 17.5 Å². The minimum absolute atomic E-state index is 0.130. The molecule has 6 nitrogen and oxygen atoms in total. The smallest absolute Gasteiger partial charge is 0.377 e. The Morgan fingerprint density at radius 1 is 1.23 bits per heavy atom. The summed E-state index contributed by atoms with van der Waals surface area (Å²) in [5.74, 6) is -0.862. The molecule has 1 aliphatic carbocycles. The largest absolute Gasteiger partial charge is 0.416 e. The fraction of sp³-hybridized carbons (Fsp3) is 0.417. The van der Waals surface area contributed by atoms with Gasteiger partial charge in [0.15, 0.2) is 0 Å². The van der Waals surface area contributed by atoms with E-state index in [1.54, 1.807) is 6.08 Å². The molecular formula is C24H24ClF3N2O4S. The number of ether oxygens (including phenoxy) is 1. The van der Waals surface area contributed by atoms with Gasteiger partial charge in [-0.05, 0) is 50.5 Å². The van der Waals surface area contributed by atoms with Crippen molar-refractivity contribution in [2.24, 2.45) is 10.9 Å². The normalized spacial score (nSPS) is 23.0. The fourth-order valence-corrected chi connectivity index (χ4v) is 6.27. The number of sulfonamides is 1. The summed E-state index contributed by atoms with van der Waals surface area (Å²) in [5.41, 5.74) is 1.39. The van der Waals surface area contributed by atoms with Gasteiger partial charge in [0.05, 0.1) is 22.4 Å². The van der Waals surface area contributed by atoms with Crippen LogP contribution in [0.25, 0.3) is 0 Å². The van der Waals surface area contributed by atoms with Gasteiger partial charge >= 0.3 is 6.18 Å². The van der Waals surface area contributed by atoms with Crippen molar-refractivity contribution in [1.82, 2.24) is 4.31 Å². The number of alkyl halides is 3. The number of nitrogens with zero attached hydrogens (tertiary/aromatic N) is 2. The van der Waals surface area contributed by atoms with Crippen molar-refractivity contribution in [2.45, 2.75) is 43.9 Å². The monoisotopic (exact) mass is 528 g/mol. The highest BCUT2D eigenvalue weighted by Crippen LogP contribution is 2.35. The third kappa shape index (κ3) is 5.30. The van der Waals surface area contributed by atoms with Gasteiger partial charge in [-0.25, -0.2) is 13.4 Å². The van der Waals surface area contributed by atoms with Gasteiger partial charge < -0.3 is 4.74 Å². The fourth-order valence-electron chi connectivity index (χ4n) is 4.32. The van der Waals surface area contributed by atoms with Crippen LogP contribution in [0.15, 0.2) is 63.0 Å². The number of carbonyl (C=O) groups excluding carboxylic acids is 1. The van der Waals surface area contributed by atoms with E-state index in [0.29, 0.717) is 24.8 Å². The Bertz CT molecular complexity index is 1280. The Morgan fingerprint density at radius 3 is 2.63 bits per heavy atom. The third-order valence-corrected chi connectivity index (χ3v) is 8.60. The Hall–Kier alpha value is -2.27. The van der Waals surface area contributed by atoms with Gasteiger partial charge in [0.2, 0.25) is 10.0 Å². The van der Waals surface area contributed by atoms with Gasteiger partial charge in [-0.15, -0.1) is 0 Å². The number of benzene rings is 1. The van der Waals surface area contributed by atoms with E-state index in [2.05, 4.69) is 4.99 Å². The molecule has 35 heavy (non-hydrogen) atoms. The Morgan fingerprint density at radius 2 is 1.97 bits per heavy atom. The molecule has 188 valence electrons. The molecule has 2 heterocycles. The van der Waals surface area contributed by atoms with Crippen molar-refractivity contribution in [2.75, 3.05) is 19.7 Å². The quantitative estimate of drug-likeness (QED) is 0.523. The summed E-state index contributed by atoms with van der Waals surface area (Å²) in [7, 11) is -4.52. The van der Waals surface area contributed by atoms with Crippen molar-refractivity contribution in [3.63, 3.8) is 0 Å². The number of rotatable bonds is 6. The van der Waals surface area contributed by atoms with Gasteiger partial charge in [-0.1, -0.05) is 35.4 Å². The predicted molar refractivity (Wildman–Crippen MR) is 126 cm³/mol. The maximum Gasteiger partial charge on any atom is 0.416 e. The van der Waals surface area contributed by atoms with Crippen molar-refractivity contribution in [3.05, 3.63) is 63.7 Å². The molecule has 0 N–H and O–H groups in total. The molecule has 0 aromatic heterocycles. The summed E-state index contributed by atoms with van der Waals surface area (Å²) in [6, 6.07) is 2.16. The number of dihydropyridines is 1. The van der Waals surface area contributed by atoms with E-state index in [9.17, 15) is 26.4 Å². The molecule has 0 bridgehead atoms. The number of halogens is 4. The SMILES string of the molecule is CC1=CC=C(C)C2C=C(CN(CC3CCCO3)S(=O)(=O)c3cc(C(F)(F)F)ccc3Cl)C(=O)N=C12. The van der Waals surface area contributed by atoms with E-state index in [1.165, 1.54) is 0 Å². The number of amides is 1. The van der Waals surface area contributed by atoms with E-state index in [1.807, 2.05) is 26.0 Å². The van der Waals surface area contributed by atoms with E-state index in [0.717, 1.165) is 34.0 Å². The molecule has 0 saturated carbocycles. The zero-order chi connectivity index (χ0) is 25.5. The van der Waals surface area contributed by atoms with E-state index < -0.39 is 38.7 Å². The summed E-state index contributed by atoms with van der Waals surface area (Å²) >= 11 is 6.07. The molecule has 4 rings (SSSR count). The first-order chi connectivity index (χ1) is 16.4. The summed E-state index contributed by atoms with van der Waals surface area (Å²) < 4.78 is 73.8. The molecule has 3 aliphatic rings. The van der Waals surface area contributed by atoms with Crippen LogP contribution < -0.4 is 0 Å². The number of fused-ring (bicyclic) bond motifs is 1. The Labute approximate surface area is 206 Å². The lowest BCUT2D eigenvalue weighted by molar-refractivity contribution is -0.137. The molecule has 0 spiro atoms. The average molecular weight is 529 g/mol. The highest BCUT2D eigenvalue weighted by atomic mass is 35.5. The van der Waals surface area contributed by atoms with Crippen LogP contribution in [0, 0.1) is 5.92 Å². The summed E-state index contributed by atoms with van der Waals surface area (Å²) in [5, 5.41) is -0.341. The molecule has 2 unspecified atom stereocenters. The zero-order valence-corrected chi connectivity index (χ0v) is 20.7. The second kappa shape index (κ2) is 9.65. The summed E-state index contributed by atoms with van der Waals surface area (Å²) in [4.78, 5) is 16.4. The second-order valence-electron chi connectivity index (χ2n) is 8.81. The van der Waals surface area contributed by atoms with E-state index in [4.69, 9.17) is 16.3 Å². The lowest BCUT2D eigenvalue weighted by atomic mass is 9.83. The predicted octanol–water partition coefficient (Wildman–Crippen LogP) is 4.96. The standard InChI is InChI=1S/C24H24ClF3N2O4S/c1-14-5-6-15(2)22-19(14)10-16(23(31)29-22)12-30(13-18-4-3-9-34-18)35(32,33)21-11-17(24(26,27)28)7-8-20(21)25/h5-8,10-11,18-19H,3-4,9,12-13H2,1-2H3. The van der Waals surface area contributed by atoms with Crippen LogP contribution in [-0.4, -0.2) is 50.1 Å². The lowest BCUT2D eigenvalue weighted by Crippen LogP contribution is -2.40. The maximum absolute atomic E-state index is 13.6. The molecule has 11 heteroatoms. The van der Waals surface area contributed by atoms with Crippen LogP contribution in [0.1, 0.15) is 32.3 Å². The van der Waals surface area contributed by atoms with Crippen molar-refractivity contribution in [3.8, 4) is 0 Å². The third-order valence-electron chi connectivity index (χ3n) is 6.30. The average Bonchev–Trinajstić information content (AvgIpc) is 3.29. The zero-order valence-electron chi connectivity index (χ0n) is 19.1. The molecule has 1 fully saturated rings. The van der Waals surface area contributed by atoms with Gasteiger partial charge in [0, 0.05) is 31.2 Å². The maximum atomic E-state index is 13.6. The molecule has 2 atom stereocenters. The Balaban J connectivity index is 1.72. The number of hydrogen-bond donors (Lipinski definition) is 0. The number of allylic oxidation sites excluding steroid dienone is 5. The lowest BCUT2D eigenvalue weighted by Gasteiger charge is -2.29. The van der Waals surface area contributed by atoms with Crippen molar-refractivity contribution in [1.29, 1.82) is 0 Å². The molecule has 1 saturated heterocycles. The molecule has 2 aliphatic heterocycles. The first-order valence-corrected chi connectivity index (χ1v) is 12.9. The van der Waals surface area contributed by atoms with Crippen molar-refractivity contribution < 1.29 is 31.1 Å².